The summed E-state index contributed by atoms with van der Waals surface area (Å²) >= 11 is 0. The molecule has 0 radical (unpaired) electrons. The Morgan fingerprint density at radius 3 is 2.72 bits per heavy atom. The molecule has 3 nitrogen and oxygen atoms in total. The molecule has 1 aromatic rings. The predicted molar refractivity (Wildman–Crippen MR) is 74.4 cm³/mol. The summed E-state index contributed by atoms with van der Waals surface area (Å²) in [5.41, 5.74) is 8.80. The molecule has 2 atom stereocenters. The van der Waals surface area contributed by atoms with E-state index < -0.39 is 0 Å². The van der Waals surface area contributed by atoms with Gasteiger partial charge in [-0.3, -0.25) is 0 Å². The standard InChI is InChI=1S/C15H24N2O/c1-12-3-5-13(6-4-12)9-17(2)10-14-11-18-8-7-15(14)16/h3-6,14-15H,7-11,16H2,1-2H3. The van der Waals surface area contributed by atoms with Gasteiger partial charge in [-0.1, -0.05) is 29.8 Å². The molecule has 0 saturated carbocycles. The van der Waals surface area contributed by atoms with Gasteiger partial charge in [0.1, 0.15) is 0 Å². The van der Waals surface area contributed by atoms with Crippen molar-refractivity contribution in [3.63, 3.8) is 0 Å². The Morgan fingerprint density at radius 2 is 2.06 bits per heavy atom. The Bertz CT molecular complexity index is 363. The third kappa shape index (κ3) is 3.80. The molecule has 2 rings (SSSR count). The first-order valence-electron chi connectivity index (χ1n) is 6.72. The average Bonchev–Trinajstić information content (AvgIpc) is 2.35. The normalized spacial score (nSPS) is 24.4. The summed E-state index contributed by atoms with van der Waals surface area (Å²) in [6.07, 6.45) is 0.989. The second-order valence-electron chi connectivity index (χ2n) is 5.47. The van der Waals surface area contributed by atoms with Crippen LogP contribution in [0.1, 0.15) is 17.5 Å². The summed E-state index contributed by atoms with van der Waals surface area (Å²) in [7, 11) is 2.15. The second kappa shape index (κ2) is 6.32. The van der Waals surface area contributed by atoms with Crippen molar-refractivity contribution in [1.29, 1.82) is 0 Å². The Morgan fingerprint density at radius 1 is 1.33 bits per heavy atom. The molecule has 1 aliphatic heterocycles. The first kappa shape index (κ1) is 13.5. The summed E-state index contributed by atoms with van der Waals surface area (Å²) in [5, 5.41) is 0. The highest BCUT2D eigenvalue weighted by Crippen LogP contribution is 2.15. The maximum atomic E-state index is 6.13. The van der Waals surface area contributed by atoms with Crippen molar-refractivity contribution in [2.45, 2.75) is 25.9 Å². The van der Waals surface area contributed by atoms with Crippen LogP contribution in [-0.4, -0.2) is 37.7 Å². The van der Waals surface area contributed by atoms with Gasteiger partial charge in [-0.2, -0.15) is 0 Å². The van der Waals surface area contributed by atoms with Crippen molar-refractivity contribution in [1.82, 2.24) is 4.90 Å². The van der Waals surface area contributed by atoms with E-state index in [-0.39, 0.29) is 0 Å². The molecule has 1 heterocycles. The zero-order chi connectivity index (χ0) is 13.0. The van der Waals surface area contributed by atoms with Crippen LogP contribution in [0, 0.1) is 12.8 Å². The van der Waals surface area contributed by atoms with Crippen LogP contribution >= 0.6 is 0 Å². The van der Waals surface area contributed by atoms with Crippen LogP contribution in [-0.2, 0) is 11.3 Å². The van der Waals surface area contributed by atoms with Gasteiger partial charge in [0.15, 0.2) is 0 Å². The molecule has 2 unspecified atom stereocenters. The molecular formula is C15H24N2O. The van der Waals surface area contributed by atoms with E-state index in [1.165, 1.54) is 11.1 Å². The number of hydrogen-bond acceptors (Lipinski definition) is 3. The van der Waals surface area contributed by atoms with Crippen LogP contribution < -0.4 is 5.73 Å². The van der Waals surface area contributed by atoms with Crippen molar-refractivity contribution < 1.29 is 4.74 Å². The molecule has 2 N–H and O–H groups in total. The van der Waals surface area contributed by atoms with Crippen LogP contribution in [0.4, 0.5) is 0 Å². The number of nitrogens with two attached hydrogens (primary N) is 1. The van der Waals surface area contributed by atoms with Gasteiger partial charge in [-0.05, 0) is 26.0 Å². The summed E-state index contributed by atoms with van der Waals surface area (Å²) in [6, 6.07) is 9.02. The van der Waals surface area contributed by atoms with Crippen molar-refractivity contribution >= 4 is 0 Å². The minimum absolute atomic E-state index is 0.291. The van der Waals surface area contributed by atoms with E-state index >= 15 is 0 Å². The lowest BCUT2D eigenvalue weighted by molar-refractivity contribution is 0.0286. The highest BCUT2D eigenvalue weighted by molar-refractivity contribution is 5.21. The van der Waals surface area contributed by atoms with E-state index in [0.29, 0.717) is 12.0 Å². The zero-order valence-electron chi connectivity index (χ0n) is 11.4. The summed E-state index contributed by atoms with van der Waals surface area (Å²) in [4.78, 5) is 2.34. The van der Waals surface area contributed by atoms with Gasteiger partial charge in [0.2, 0.25) is 0 Å². The molecule has 0 spiro atoms. The van der Waals surface area contributed by atoms with Crippen LogP contribution in [0.15, 0.2) is 24.3 Å². The molecule has 1 aliphatic rings. The minimum Gasteiger partial charge on any atom is -0.381 e. The average molecular weight is 248 g/mol. The van der Waals surface area contributed by atoms with Crippen LogP contribution in [0.3, 0.4) is 0 Å². The smallest absolute Gasteiger partial charge is 0.0521 e. The quantitative estimate of drug-likeness (QED) is 0.883. The fourth-order valence-electron chi connectivity index (χ4n) is 2.47. The van der Waals surface area contributed by atoms with E-state index in [0.717, 1.165) is 32.7 Å². The van der Waals surface area contributed by atoms with Crippen LogP contribution in [0.25, 0.3) is 0 Å². The SMILES string of the molecule is Cc1ccc(CN(C)CC2COCCC2N)cc1. The van der Waals surface area contributed by atoms with Crippen molar-refractivity contribution in [2.75, 3.05) is 26.8 Å². The van der Waals surface area contributed by atoms with E-state index in [9.17, 15) is 0 Å². The van der Waals surface area contributed by atoms with Gasteiger partial charge in [-0.25, -0.2) is 0 Å². The van der Waals surface area contributed by atoms with Gasteiger partial charge in [0.05, 0.1) is 6.61 Å². The third-order valence-corrected chi connectivity index (χ3v) is 3.65. The van der Waals surface area contributed by atoms with E-state index in [1.807, 2.05) is 0 Å². The van der Waals surface area contributed by atoms with Gasteiger partial charge in [0, 0.05) is 31.7 Å². The van der Waals surface area contributed by atoms with Gasteiger partial charge in [0.25, 0.3) is 0 Å². The molecule has 0 bridgehead atoms. The number of hydrogen-bond donors (Lipinski definition) is 1. The molecule has 0 amide bonds. The summed E-state index contributed by atoms with van der Waals surface area (Å²) in [6.45, 7) is 5.73. The lowest BCUT2D eigenvalue weighted by Crippen LogP contribution is -2.44. The minimum atomic E-state index is 0.291. The second-order valence-corrected chi connectivity index (χ2v) is 5.47. The first-order chi connectivity index (χ1) is 8.65. The summed E-state index contributed by atoms with van der Waals surface area (Å²) in [5.74, 6) is 0.467. The predicted octanol–water partition coefficient (Wildman–Crippen LogP) is 1.79. The topological polar surface area (TPSA) is 38.5 Å². The molecule has 3 heteroatoms. The lowest BCUT2D eigenvalue weighted by Gasteiger charge is -2.32. The number of aryl methyl sites for hydroxylation is 1. The molecule has 0 aliphatic carbocycles. The molecule has 0 aromatic heterocycles. The van der Waals surface area contributed by atoms with Crippen molar-refractivity contribution in [2.24, 2.45) is 11.7 Å². The van der Waals surface area contributed by atoms with Gasteiger partial charge in [-0.15, -0.1) is 0 Å². The zero-order valence-corrected chi connectivity index (χ0v) is 11.4. The largest absolute Gasteiger partial charge is 0.381 e. The lowest BCUT2D eigenvalue weighted by atomic mass is 9.96. The fourth-order valence-corrected chi connectivity index (χ4v) is 2.47. The number of benzene rings is 1. The van der Waals surface area contributed by atoms with Crippen LogP contribution in [0.5, 0.6) is 0 Å². The van der Waals surface area contributed by atoms with E-state index in [1.54, 1.807) is 0 Å². The van der Waals surface area contributed by atoms with Crippen LogP contribution in [0.2, 0.25) is 0 Å². The number of rotatable bonds is 4. The molecular weight excluding hydrogens is 224 g/mol. The maximum Gasteiger partial charge on any atom is 0.0521 e. The fraction of sp³-hybridized carbons (Fsp3) is 0.600. The maximum absolute atomic E-state index is 6.13. The van der Waals surface area contributed by atoms with E-state index in [2.05, 4.69) is 43.1 Å². The first-order valence-corrected chi connectivity index (χ1v) is 6.72. The number of nitrogens with zero attached hydrogens (tertiary/aromatic N) is 1. The van der Waals surface area contributed by atoms with E-state index in [4.69, 9.17) is 10.5 Å². The van der Waals surface area contributed by atoms with Crippen molar-refractivity contribution in [3.05, 3.63) is 35.4 Å². The monoisotopic (exact) mass is 248 g/mol. The summed E-state index contributed by atoms with van der Waals surface area (Å²) < 4.78 is 5.51. The molecule has 1 fully saturated rings. The Kier molecular flexibility index (Phi) is 4.75. The molecule has 18 heavy (non-hydrogen) atoms. The van der Waals surface area contributed by atoms with Gasteiger partial charge < -0.3 is 15.4 Å². The third-order valence-electron chi connectivity index (χ3n) is 3.65. The number of ether oxygens (including phenoxy) is 1. The van der Waals surface area contributed by atoms with Gasteiger partial charge >= 0.3 is 0 Å². The Balaban J connectivity index is 1.84. The Hall–Kier alpha value is -0.900. The molecule has 100 valence electrons. The van der Waals surface area contributed by atoms with Crippen molar-refractivity contribution in [3.8, 4) is 0 Å². The molecule has 1 saturated heterocycles. The highest BCUT2D eigenvalue weighted by Gasteiger charge is 2.23. The highest BCUT2D eigenvalue weighted by atomic mass is 16.5. The Labute approximate surface area is 110 Å². The molecule has 1 aromatic carbocycles.